The molecule has 1 heteroatoms. The first-order chi connectivity index (χ1) is 7.22. The molecule has 0 heterocycles. The molecular formula is C16H32O. The zero-order chi connectivity index (χ0) is 14.1. The normalized spacial score (nSPS) is 14.2. The second-order valence-corrected chi connectivity index (χ2v) is 8.84. The Kier molecular flexibility index (Phi) is 5.02. The standard InChI is InChI=1S/C16H32O/c1-14(2,3)10-12(11-15(4,5)6)13(17)16(7,8)9/h12H,10-11H2,1-9H3. The van der Waals surface area contributed by atoms with Crippen LogP contribution in [0.25, 0.3) is 0 Å². The van der Waals surface area contributed by atoms with Crippen LogP contribution in [0.1, 0.15) is 75.2 Å². The molecule has 17 heavy (non-hydrogen) atoms. The van der Waals surface area contributed by atoms with Crippen molar-refractivity contribution < 1.29 is 4.79 Å². The van der Waals surface area contributed by atoms with Crippen LogP contribution >= 0.6 is 0 Å². The van der Waals surface area contributed by atoms with Crippen molar-refractivity contribution in [3.8, 4) is 0 Å². The van der Waals surface area contributed by atoms with E-state index < -0.39 is 0 Å². The Bertz CT molecular complexity index is 239. The smallest absolute Gasteiger partial charge is 0.141 e. The predicted molar refractivity (Wildman–Crippen MR) is 76.1 cm³/mol. The molecule has 0 unspecified atom stereocenters. The summed E-state index contributed by atoms with van der Waals surface area (Å²) in [7, 11) is 0. The highest BCUT2D eigenvalue weighted by Gasteiger charge is 2.34. The van der Waals surface area contributed by atoms with Gasteiger partial charge in [0.1, 0.15) is 5.78 Å². The highest BCUT2D eigenvalue weighted by Crippen LogP contribution is 2.37. The van der Waals surface area contributed by atoms with Crippen LogP contribution in [-0.4, -0.2) is 5.78 Å². The van der Waals surface area contributed by atoms with E-state index in [2.05, 4.69) is 41.5 Å². The van der Waals surface area contributed by atoms with Crippen molar-refractivity contribution in [2.75, 3.05) is 0 Å². The minimum absolute atomic E-state index is 0.190. The number of ketones is 1. The molecule has 0 radical (unpaired) electrons. The van der Waals surface area contributed by atoms with Crippen molar-refractivity contribution in [3.05, 3.63) is 0 Å². The maximum Gasteiger partial charge on any atom is 0.141 e. The molecule has 0 saturated carbocycles. The number of rotatable bonds is 3. The first-order valence-corrected chi connectivity index (χ1v) is 6.77. The molecule has 0 aliphatic heterocycles. The molecule has 0 aliphatic carbocycles. The lowest BCUT2D eigenvalue weighted by Crippen LogP contribution is -2.33. The van der Waals surface area contributed by atoms with Gasteiger partial charge in [-0.2, -0.15) is 0 Å². The third kappa shape index (κ3) is 7.57. The van der Waals surface area contributed by atoms with Gasteiger partial charge in [-0.3, -0.25) is 4.79 Å². The average molecular weight is 240 g/mol. The summed E-state index contributed by atoms with van der Waals surface area (Å²) in [5, 5.41) is 0. The Balaban J connectivity index is 4.94. The SMILES string of the molecule is CC(C)(C)CC(CC(C)(C)C)C(=O)C(C)(C)C. The van der Waals surface area contributed by atoms with E-state index >= 15 is 0 Å². The van der Waals surface area contributed by atoms with E-state index in [1.165, 1.54) is 0 Å². The molecule has 0 aromatic heterocycles. The first-order valence-electron chi connectivity index (χ1n) is 6.77. The molecule has 1 nitrogen and oxygen atoms in total. The lowest BCUT2D eigenvalue weighted by molar-refractivity contribution is -0.132. The zero-order valence-corrected chi connectivity index (χ0v) is 13.4. The number of Topliss-reactive ketones (excluding diaryl/α,β-unsaturated/α-hetero) is 1. The van der Waals surface area contributed by atoms with E-state index in [1.54, 1.807) is 0 Å². The van der Waals surface area contributed by atoms with Crippen LogP contribution in [0.2, 0.25) is 0 Å². The Morgan fingerprint density at radius 3 is 1.24 bits per heavy atom. The van der Waals surface area contributed by atoms with Crippen LogP contribution in [0.3, 0.4) is 0 Å². The summed E-state index contributed by atoms with van der Waals surface area (Å²) in [6.07, 6.45) is 1.97. The Morgan fingerprint density at radius 2 is 1.06 bits per heavy atom. The highest BCUT2D eigenvalue weighted by atomic mass is 16.1. The lowest BCUT2D eigenvalue weighted by atomic mass is 9.70. The molecule has 0 aromatic carbocycles. The van der Waals surface area contributed by atoms with E-state index in [0.717, 1.165) is 12.8 Å². The number of hydrogen-bond acceptors (Lipinski definition) is 1. The van der Waals surface area contributed by atoms with E-state index in [0.29, 0.717) is 5.78 Å². The lowest BCUT2D eigenvalue weighted by Gasteiger charge is -2.33. The predicted octanol–water partition coefficient (Wildman–Crippen LogP) is 5.09. The monoisotopic (exact) mass is 240 g/mol. The van der Waals surface area contributed by atoms with Crippen LogP contribution in [0.4, 0.5) is 0 Å². The molecule has 0 spiro atoms. The summed E-state index contributed by atoms with van der Waals surface area (Å²) < 4.78 is 0. The molecule has 0 aromatic rings. The van der Waals surface area contributed by atoms with Gasteiger partial charge in [-0.25, -0.2) is 0 Å². The number of hydrogen-bond donors (Lipinski definition) is 0. The van der Waals surface area contributed by atoms with Gasteiger partial charge < -0.3 is 0 Å². The maximum atomic E-state index is 12.5. The van der Waals surface area contributed by atoms with Crippen molar-refractivity contribution in [1.82, 2.24) is 0 Å². The van der Waals surface area contributed by atoms with Crippen molar-refractivity contribution >= 4 is 5.78 Å². The largest absolute Gasteiger partial charge is 0.299 e. The van der Waals surface area contributed by atoms with Gasteiger partial charge in [-0.1, -0.05) is 62.3 Å². The third-order valence-corrected chi connectivity index (χ3v) is 2.83. The molecule has 0 N–H and O–H groups in total. The molecule has 0 atom stereocenters. The Labute approximate surface area is 108 Å². The minimum Gasteiger partial charge on any atom is -0.299 e. The van der Waals surface area contributed by atoms with Gasteiger partial charge in [-0.05, 0) is 23.7 Å². The van der Waals surface area contributed by atoms with E-state index in [-0.39, 0.29) is 22.2 Å². The van der Waals surface area contributed by atoms with Crippen molar-refractivity contribution in [1.29, 1.82) is 0 Å². The van der Waals surface area contributed by atoms with Gasteiger partial charge in [-0.15, -0.1) is 0 Å². The zero-order valence-electron chi connectivity index (χ0n) is 13.4. The fraction of sp³-hybridized carbons (Fsp3) is 0.938. The van der Waals surface area contributed by atoms with Gasteiger partial charge in [0.05, 0.1) is 0 Å². The molecule has 102 valence electrons. The van der Waals surface area contributed by atoms with Gasteiger partial charge >= 0.3 is 0 Å². The van der Waals surface area contributed by atoms with Crippen molar-refractivity contribution in [2.45, 2.75) is 75.2 Å². The molecule has 0 bridgehead atoms. The summed E-state index contributed by atoms with van der Waals surface area (Å²) >= 11 is 0. The Hall–Kier alpha value is -0.330. The van der Waals surface area contributed by atoms with Crippen molar-refractivity contribution in [3.63, 3.8) is 0 Å². The minimum atomic E-state index is -0.221. The van der Waals surface area contributed by atoms with Crippen LogP contribution in [0.15, 0.2) is 0 Å². The van der Waals surface area contributed by atoms with E-state index in [9.17, 15) is 4.79 Å². The van der Waals surface area contributed by atoms with Crippen LogP contribution in [0, 0.1) is 22.2 Å². The van der Waals surface area contributed by atoms with Gasteiger partial charge in [0, 0.05) is 11.3 Å². The number of carbonyl (C=O) groups is 1. The topological polar surface area (TPSA) is 17.1 Å². The van der Waals surface area contributed by atoms with E-state index in [4.69, 9.17) is 0 Å². The van der Waals surface area contributed by atoms with Gasteiger partial charge in [0.2, 0.25) is 0 Å². The molecule has 0 fully saturated rings. The second kappa shape index (κ2) is 5.12. The number of carbonyl (C=O) groups excluding carboxylic acids is 1. The summed E-state index contributed by atoms with van der Waals surface area (Å²) in [5.74, 6) is 0.609. The van der Waals surface area contributed by atoms with Crippen LogP contribution in [0.5, 0.6) is 0 Å². The quantitative estimate of drug-likeness (QED) is 0.671. The summed E-state index contributed by atoms with van der Waals surface area (Å²) in [5.41, 5.74) is 0.217. The fourth-order valence-electron chi connectivity index (χ4n) is 2.35. The Morgan fingerprint density at radius 1 is 0.765 bits per heavy atom. The van der Waals surface area contributed by atoms with E-state index in [1.807, 2.05) is 20.8 Å². The third-order valence-electron chi connectivity index (χ3n) is 2.83. The maximum absolute atomic E-state index is 12.5. The highest BCUT2D eigenvalue weighted by molar-refractivity contribution is 5.86. The second-order valence-electron chi connectivity index (χ2n) is 8.84. The van der Waals surface area contributed by atoms with Crippen molar-refractivity contribution in [2.24, 2.45) is 22.2 Å². The summed E-state index contributed by atoms with van der Waals surface area (Å²) in [6, 6.07) is 0. The van der Waals surface area contributed by atoms with Gasteiger partial charge in [0.25, 0.3) is 0 Å². The van der Waals surface area contributed by atoms with Gasteiger partial charge in [0.15, 0.2) is 0 Å². The average Bonchev–Trinajstić information content (AvgIpc) is 1.94. The molecular weight excluding hydrogens is 208 g/mol. The summed E-state index contributed by atoms with van der Waals surface area (Å²) in [6.45, 7) is 19.4. The first kappa shape index (κ1) is 16.7. The fourth-order valence-corrected chi connectivity index (χ4v) is 2.35. The molecule has 0 saturated heterocycles. The molecule has 0 amide bonds. The summed E-state index contributed by atoms with van der Waals surface area (Å²) in [4.78, 5) is 12.5. The molecule has 0 rings (SSSR count). The van der Waals surface area contributed by atoms with Crippen LogP contribution < -0.4 is 0 Å². The van der Waals surface area contributed by atoms with Crippen LogP contribution in [-0.2, 0) is 4.79 Å². The molecule has 0 aliphatic rings.